The smallest absolute Gasteiger partial charge is 0.130 e. The number of hydrazone groups is 1. The number of pyridine rings is 1. The molecular formula is C21H19N3O. The molecule has 3 aromatic rings. The highest BCUT2D eigenvalue weighted by Crippen LogP contribution is 2.31. The van der Waals surface area contributed by atoms with Crippen LogP contribution in [0.4, 0.5) is 0 Å². The van der Waals surface area contributed by atoms with E-state index in [9.17, 15) is 0 Å². The molecule has 1 atom stereocenters. The van der Waals surface area contributed by atoms with Crippen molar-refractivity contribution in [3.05, 3.63) is 95.8 Å². The lowest BCUT2D eigenvalue weighted by molar-refractivity contribution is 0.295. The first kappa shape index (κ1) is 15.4. The first-order valence-corrected chi connectivity index (χ1v) is 8.39. The van der Waals surface area contributed by atoms with Crippen LogP contribution in [0.2, 0.25) is 0 Å². The second-order valence-electron chi connectivity index (χ2n) is 5.96. The predicted octanol–water partition coefficient (Wildman–Crippen LogP) is 4.10. The maximum absolute atomic E-state index is 6.02. The number of nitrogens with zero attached hydrogens (tertiary/aromatic N) is 2. The van der Waals surface area contributed by atoms with E-state index in [1.165, 1.54) is 0 Å². The van der Waals surface area contributed by atoms with Crippen molar-refractivity contribution in [3.63, 3.8) is 0 Å². The quantitative estimate of drug-likeness (QED) is 0.766. The van der Waals surface area contributed by atoms with Crippen LogP contribution >= 0.6 is 0 Å². The maximum Gasteiger partial charge on any atom is 0.130 e. The van der Waals surface area contributed by atoms with Crippen molar-refractivity contribution >= 4 is 5.71 Å². The molecule has 1 unspecified atom stereocenters. The third-order valence-corrected chi connectivity index (χ3v) is 4.26. The minimum absolute atomic E-state index is 0.120. The molecule has 0 bridgehead atoms. The zero-order valence-corrected chi connectivity index (χ0v) is 13.8. The molecule has 1 aromatic heterocycles. The van der Waals surface area contributed by atoms with Gasteiger partial charge in [0.1, 0.15) is 12.4 Å². The normalized spacial score (nSPS) is 16.2. The first-order chi connectivity index (χ1) is 12.4. The van der Waals surface area contributed by atoms with Gasteiger partial charge < -0.3 is 10.2 Å². The van der Waals surface area contributed by atoms with Gasteiger partial charge in [-0.25, -0.2) is 0 Å². The monoisotopic (exact) mass is 329 g/mol. The van der Waals surface area contributed by atoms with Gasteiger partial charge in [0.15, 0.2) is 0 Å². The van der Waals surface area contributed by atoms with E-state index in [-0.39, 0.29) is 6.04 Å². The van der Waals surface area contributed by atoms with Crippen LogP contribution in [0, 0.1) is 0 Å². The number of nitrogens with one attached hydrogen (secondary N) is 1. The zero-order valence-electron chi connectivity index (χ0n) is 13.8. The summed E-state index contributed by atoms with van der Waals surface area (Å²) in [6.45, 7) is 0.455. The molecule has 2 heterocycles. The van der Waals surface area contributed by atoms with Crippen LogP contribution in [0.25, 0.3) is 0 Å². The van der Waals surface area contributed by atoms with Gasteiger partial charge in [-0.05, 0) is 23.8 Å². The summed E-state index contributed by atoms with van der Waals surface area (Å²) in [4.78, 5) is 4.31. The first-order valence-electron chi connectivity index (χ1n) is 8.39. The zero-order chi connectivity index (χ0) is 16.9. The van der Waals surface area contributed by atoms with Crippen LogP contribution in [0.1, 0.15) is 29.3 Å². The van der Waals surface area contributed by atoms with Gasteiger partial charge >= 0.3 is 0 Å². The number of aromatic nitrogens is 1. The van der Waals surface area contributed by atoms with Crippen molar-refractivity contribution in [1.82, 2.24) is 10.4 Å². The molecule has 0 aliphatic carbocycles. The summed E-state index contributed by atoms with van der Waals surface area (Å²) in [7, 11) is 0. The van der Waals surface area contributed by atoms with Crippen LogP contribution < -0.4 is 10.2 Å². The van der Waals surface area contributed by atoms with Gasteiger partial charge in [-0.3, -0.25) is 4.98 Å². The van der Waals surface area contributed by atoms with Crippen molar-refractivity contribution in [2.75, 3.05) is 0 Å². The molecule has 4 rings (SSSR count). The van der Waals surface area contributed by atoms with Crippen LogP contribution in [-0.4, -0.2) is 10.7 Å². The Morgan fingerprint density at radius 1 is 0.920 bits per heavy atom. The van der Waals surface area contributed by atoms with Gasteiger partial charge in [0.2, 0.25) is 0 Å². The van der Waals surface area contributed by atoms with Crippen LogP contribution in [0.5, 0.6) is 5.75 Å². The van der Waals surface area contributed by atoms with Crippen molar-refractivity contribution in [3.8, 4) is 5.75 Å². The number of hydrogen-bond acceptors (Lipinski definition) is 4. The molecule has 0 spiro atoms. The Morgan fingerprint density at radius 3 is 2.56 bits per heavy atom. The van der Waals surface area contributed by atoms with E-state index in [1.807, 2.05) is 54.6 Å². The molecule has 2 aromatic carbocycles. The van der Waals surface area contributed by atoms with Crippen molar-refractivity contribution in [2.45, 2.75) is 19.1 Å². The maximum atomic E-state index is 6.02. The molecule has 1 N–H and O–H groups in total. The molecule has 25 heavy (non-hydrogen) atoms. The van der Waals surface area contributed by atoms with E-state index in [4.69, 9.17) is 4.74 Å². The third kappa shape index (κ3) is 3.53. The highest BCUT2D eigenvalue weighted by atomic mass is 16.5. The summed E-state index contributed by atoms with van der Waals surface area (Å²) in [5.41, 5.74) is 7.52. The Labute approximate surface area is 147 Å². The minimum atomic E-state index is 0.120. The Hall–Kier alpha value is -3.14. The van der Waals surface area contributed by atoms with Gasteiger partial charge in [0.05, 0.1) is 17.4 Å². The fraction of sp³-hybridized carbons (Fsp3) is 0.143. The minimum Gasteiger partial charge on any atom is -0.487 e. The molecule has 0 amide bonds. The molecule has 0 radical (unpaired) electrons. The number of benzene rings is 2. The highest BCUT2D eigenvalue weighted by molar-refractivity contribution is 6.01. The second-order valence-corrected chi connectivity index (χ2v) is 5.96. The standard InChI is InChI=1S/C21H19N3O/c1-2-8-16(9-3-1)19-14-20(24-23-19)18-11-4-5-12-21(18)25-15-17-10-6-7-13-22-17/h1-13,20,24H,14-15H2. The fourth-order valence-electron chi connectivity index (χ4n) is 2.97. The molecule has 124 valence electrons. The van der Waals surface area contributed by atoms with Gasteiger partial charge in [-0.1, -0.05) is 54.6 Å². The molecular weight excluding hydrogens is 310 g/mol. The molecule has 0 fully saturated rings. The lowest BCUT2D eigenvalue weighted by Crippen LogP contribution is -2.12. The summed E-state index contributed by atoms with van der Waals surface area (Å²) in [5.74, 6) is 0.871. The average Bonchev–Trinajstić information content (AvgIpc) is 3.18. The topological polar surface area (TPSA) is 46.5 Å². The SMILES string of the molecule is c1ccc(C2=NNC(c3ccccc3OCc3ccccn3)C2)cc1. The van der Waals surface area contributed by atoms with Crippen LogP contribution in [0.15, 0.2) is 84.1 Å². The lowest BCUT2D eigenvalue weighted by Gasteiger charge is -2.16. The van der Waals surface area contributed by atoms with E-state index in [1.54, 1.807) is 6.20 Å². The van der Waals surface area contributed by atoms with E-state index in [0.29, 0.717) is 6.61 Å². The molecule has 4 heteroatoms. The van der Waals surface area contributed by atoms with Crippen molar-refractivity contribution in [2.24, 2.45) is 5.10 Å². The van der Waals surface area contributed by atoms with E-state index >= 15 is 0 Å². The summed E-state index contributed by atoms with van der Waals surface area (Å²) >= 11 is 0. The predicted molar refractivity (Wildman–Crippen MR) is 98.5 cm³/mol. The largest absolute Gasteiger partial charge is 0.487 e. The summed E-state index contributed by atoms with van der Waals surface area (Å²) in [5, 5.41) is 4.52. The number of rotatable bonds is 5. The van der Waals surface area contributed by atoms with Crippen LogP contribution in [0.3, 0.4) is 0 Å². The van der Waals surface area contributed by atoms with Crippen LogP contribution in [-0.2, 0) is 6.61 Å². The summed E-state index contributed by atoms with van der Waals surface area (Å²) in [6, 6.07) is 24.3. The Bertz CT molecular complexity index is 863. The highest BCUT2D eigenvalue weighted by Gasteiger charge is 2.23. The Balaban J connectivity index is 1.48. The summed E-state index contributed by atoms with van der Waals surface area (Å²) < 4.78 is 6.02. The average molecular weight is 329 g/mol. The van der Waals surface area contributed by atoms with Gasteiger partial charge in [-0.2, -0.15) is 5.10 Å². The molecule has 0 saturated carbocycles. The summed E-state index contributed by atoms with van der Waals surface area (Å²) in [6.07, 6.45) is 2.62. The van der Waals surface area contributed by atoms with E-state index < -0.39 is 0 Å². The molecule has 1 aliphatic heterocycles. The van der Waals surface area contributed by atoms with E-state index in [0.717, 1.165) is 34.7 Å². The molecule has 4 nitrogen and oxygen atoms in total. The molecule has 1 aliphatic rings. The molecule has 0 saturated heterocycles. The Kier molecular flexibility index (Phi) is 4.42. The second kappa shape index (κ2) is 7.18. The lowest BCUT2D eigenvalue weighted by atomic mass is 9.98. The Morgan fingerprint density at radius 2 is 1.72 bits per heavy atom. The van der Waals surface area contributed by atoms with Crippen molar-refractivity contribution in [1.29, 1.82) is 0 Å². The van der Waals surface area contributed by atoms with Crippen molar-refractivity contribution < 1.29 is 4.74 Å². The van der Waals surface area contributed by atoms with Gasteiger partial charge in [0.25, 0.3) is 0 Å². The van der Waals surface area contributed by atoms with Gasteiger partial charge in [0, 0.05) is 18.2 Å². The fourth-order valence-corrected chi connectivity index (χ4v) is 2.97. The number of para-hydroxylation sites is 1. The van der Waals surface area contributed by atoms with Gasteiger partial charge in [-0.15, -0.1) is 0 Å². The number of ether oxygens (including phenoxy) is 1. The van der Waals surface area contributed by atoms with E-state index in [2.05, 4.69) is 33.7 Å². The number of hydrogen-bond donors (Lipinski definition) is 1. The third-order valence-electron chi connectivity index (χ3n) is 4.26.